The van der Waals surface area contributed by atoms with Crippen LogP contribution in [0.1, 0.15) is 34.8 Å². The van der Waals surface area contributed by atoms with Gasteiger partial charge in [0.05, 0.1) is 0 Å². The van der Waals surface area contributed by atoms with Gasteiger partial charge in [0, 0.05) is 43.8 Å². The Kier molecular flexibility index (Phi) is 6.41. The first kappa shape index (κ1) is 21.4. The van der Waals surface area contributed by atoms with Gasteiger partial charge in [-0.1, -0.05) is 5.16 Å². The highest BCUT2D eigenvalue weighted by atomic mass is 16.5. The number of hydrogen-bond donors (Lipinski definition) is 0. The lowest BCUT2D eigenvalue weighted by molar-refractivity contribution is 0.0766. The number of carbonyl (C=O) groups excluding carboxylic acids is 1. The van der Waals surface area contributed by atoms with Gasteiger partial charge in [-0.05, 0) is 51.7 Å². The van der Waals surface area contributed by atoms with Crippen molar-refractivity contribution < 1.29 is 9.32 Å². The molecule has 0 saturated carbocycles. The summed E-state index contributed by atoms with van der Waals surface area (Å²) in [5, 5.41) is 3.95. The lowest BCUT2D eigenvalue weighted by Gasteiger charge is -2.22. The first-order valence-electron chi connectivity index (χ1n) is 9.63. The normalized spacial score (nSPS) is 12.2. The molecule has 0 aliphatic rings. The fraction of sp³-hybridized carbons (Fsp3) is 0.381. The minimum absolute atomic E-state index is 0.0659. The van der Waals surface area contributed by atoms with Gasteiger partial charge in [0.2, 0.25) is 11.7 Å². The van der Waals surface area contributed by atoms with Crippen LogP contribution in [0.3, 0.4) is 0 Å². The molecule has 1 amide bonds. The van der Waals surface area contributed by atoms with Crippen LogP contribution in [0.25, 0.3) is 11.4 Å². The number of aromatic nitrogens is 4. The summed E-state index contributed by atoms with van der Waals surface area (Å²) in [5.74, 6) is 0.323. The predicted molar refractivity (Wildman–Crippen MR) is 112 cm³/mol. The van der Waals surface area contributed by atoms with Crippen molar-refractivity contribution in [2.45, 2.75) is 26.4 Å². The molecule has 0 aromatic carbocycles. The summed E-state index contributed by atoms with van der Waals surface area (Å²) in [6.45, 7) is 4.50. The Morgan fingerprint density at radius 3 is 2.57 bits per heavy atom. The van der Waals surface area contributed by atoms with Crippen LogP contribution in [-0.4, -0.2) is 63.1 Å². The molecule has 0 aliphatic heterocycles. The van der Waals surface area contributed by atoms with Gasteiger partial charge in [0.1, 0.15) is 12.1 Å². The molecule has 0 N–H and O–H groups in total. The molecule has 1 atom stereocenters. The number of rotatable bonds is 7. The van der Waals surface area contributed by atoms with Gasteiger partial charge < -0.3 is 18.9 Å². The minimum atomic E-state index is -0.382. The largest absolute Gasteiger partial charge is 0.337 e. The second-order valence-electron chi connectivity index (χ2n) is 7.61. The topological polar surface area (TPSA) is 97.4 Å². The lowest BCUT2D eigenvalue weighted by Crippen LogP contribution is -2.37. The molecule has 9 heteroatoms. The van der Waals surface area contributed by atoms with Gasteiger partial charge in [-0.3, -0.25) is 14.6 Å². The third-order valence-electron chi connectivity index (χ3n) is 4.77. The third kappa shape index (κ3) is 4.62. The lowest BCUT2D eigenvalue weighted by atomic mass is 10.1. The number of nitrogens with zero attached hydrogens (tertiary/aromatic N) is 6. The molecule has 0 spiro atoms. The van der Waals surface area contributed by atoms with E-state index in [4.69, 9.17) is 4.52 Å². The predicted octanol–water partition coefficient (Wildman–Crippen LogP) is 2.00. The van der Waals surface area contributed by atoms with Gasteiger partial charge in [-0.25, -0.2) is 0 Å². The molecule has 9 nitrogen and oxygen atoms in total. The summed E-state index contributed by atoms with van der Waals surface area (Å²) in [6.07, 6.45) is 5.02. The molecule has 3 heterocycles. The van der Waals surface area contributed by atoms with Crippen LogP contribution >= 0.6 is 0 Å². The van der Waals surface area contributed by atoms with E-state index >= 15 is 0 Å². The third-order valence-corrected chi connectivity index (χ3v) is 4.77. The highest BCUT2D eigenvalue weighted by Gasteiger charge is 2.23. The van der Waals surface area contributed by atoms with Crippen molar-refractivity contribution in [1.82, 2.24) is 29.5 Å². The van der Waals surface area contributed by atoms with Crippen molar-refractivity contribution >= 4 is 5.91 Å². The summed E-state index contributed by atoms with van der Waals surface area (Å²) in [5.41, 5.74) is 1.25. The van der Waals surface area contributed by atoms with Crippen molar-refractivity contribution in [1.29, 1.82) is 0 Å². The highest BCUT2D eigenvalue weighted by molar-refractivity contribution is 5.95. The van der Waals surface area contributed by atoms with Gasteiger partial charge in [-0.2, -0.15) is 4.98 Å². The summed E-state index contributed by atoms with van der Waals surface area (Å²) in [4.78, 5) is 37.8. The van der Waals surface area contributed by atoms with Gasteiger partial charge in [0.15, 0.2) is 0 Å². The van der Waals surface area contributed by atoms with E-state index in [2.05, 4.69) is 15.1 Å². The number of likely N-dealkylation sites (N-methyl/N-ethyl adjacent to an activating group) is 1. The van der Waals surface area contributed by atoms with Crippen LogP contribution in [0.2, 0.25) is 0 Å². The van der Waals surface area contributed by atoms with E-state index in [0.29, 0.717) is 17.9 Å². The zero-order valence-corrected chi connectivity index (χ0v) is 17.9. The quantitative estimate of drug-likeness (QED) is 0.587. The van der Waals surface area contributed by atoms with E-state index in [0.717, 1.165) is 5.56 Å². The number of amides is 1. The zero-order valence-electron chi connectivity index (χ0n) is 17.9. The molecular formula is C21H26N6O3. The highest BCUT2D eigenvalue weighted by Crippen LogP contribution is 2.16. The smallest absolute Gasteiger partial charge is 0.263 e. The molecule has 0 aliphatic carbocycles. The second-order valence-corrected chi connectivity index (χ2v) is 7.61. The molecule has 3 aromatic rings. The Morgan fingerprint density at radius 2 is 1.90 bits per heavy atom. The number of carbonyl (C=O) groups is 1. The van der Waals surface area contributed by atoms with Crippen LogP contribution in [-0.2, 0) is 6.54 Å². The van der Waals surface area contributed by atoms with E-state index in [-0.39, 0.29) is 35.5 Å². The maximum atomic E-state index is 13.1. The zero-order chi connectivity index (χ0) is 21.8. The molecule has 0 fully saturated rings. The fourth-order valence-electron chi connectivity index (χ4n) is 3.27. The van der Waals surface area contributed by atoms with Crippen LogP contribution in [0.5, 0.6) is 0 Å². The SMILES string of the molecule is Cc1ccn(C(C)CN(C)C)c(=O)c1C(=O)N(C)Cc1nc(-c2ccncc2)no1. The molecule has 0 radical (unpaired) electrons. The number of hydrogen-bond acceptors (Lipinski definition) is 7. The summed E-state index contributed by atoms with van der Waals surface area (Å²) in [6, 6.07) is 5.27. The van der Waals surface area contributed by atoms with Gasteiger partial charge in [0.25, 0.3) is 11.5 Å². The van der Waals surface area contributed by atoms with Crippen LogP contribution in [0, 0.1) is 6.92 Å². The Labute approximate surface area is 175 Å². The molecule has 3 rings (SSSR count). The molecule has 3 aromatic heterocycles. The maximum absolute atomic E-state index is 13.1. The summed E-state index contributed by atoms with van der Waals surface area (Å²) < 4.78 is 6.88. The average molecular weight is 410 g/mol. The first-order valence-corrected chi connectivity index (χ1v) is 9.63. The van der Waals surface area contributed by atoms with Crippen LogP contribution in [0.15, 0.2) is 46.1 Å². The number of aryl methyl sites for hydroxylation is 1. The summed E-state index contributed by atoms with van der Waals surface area (Å²) in [7, 11) is 5.50. The molecule has 0 bridgehead atoms. The second kappa shape index (κ2) is 9.00. The van der Waals surface area contributed by atoms with Crippen molar-refractivity contribution in [3.63, 3.8) is 0 Å². The van der Waals surface area contributed by atoms with Gasteiger partial charge in [-0.15, -0.1) is 0 Å². The Balaban J connectivity index is 1.81. The monoisotopic (exact) mass is 410 g/mol. The number of pyridine rings is 2. The molecule has 1 unspecified atom stereocenters. The molecular weight excluding hydrogens is 384 g/mol. The maximum Gasteiger partial charge on any atom is 0.263 e. The molecule has 0 saturated heterocycles. The van der Waals surface area contributed by atoms with E-state index in [1.54, 1.807) is 55.3 Å². The minimum Gasteiger partial charge on any atom is -0.337 e. The van der Waals surface area contributed by atoms with E-state index in [1.807, 2.05) is 25.9 Å². The standard InChI is InChI=1S/C21H26N6O3/c1-14-8-11-27(15(2)12-25(3)4)21(29)18(14)20(28)26(5)13-17-23-19(24-30-17)16-6-9-22-10-7-16/h6-11,15H,12-13H2,1-5H3. The van der Waals surface area contributed by atoms with E-state index in [9.17, 15) is 9.59 Å². The first-order chi connectivity index (χ1) is 14.3. The van der Waals surface area contributed by atoms with Crippen LogP contribution in [0.4, 0.5) is 0 Å². The van der Waals surface area contributed by atoms with Crippen molar-refractivity contribution in [3.8, 4) is 11.4 Å². The van der Waals surface area contributed by atoms with Crippen molar-refractivity contribution in [2.24, 2.45) is 0 Å². The Morgan fingerprint density at radius 1 is 1.20 bits per heavy atom. The Hall–Kier alpha value is -3.33. The molecule has 30 heavy (non-hydrogen) atoms. The van der Waals surface area contributed by atoms with Crippen molar-refractivity contribution in [3.05, 3.63) is 64.2 Å². The fourth-order valence-corrected chi connectivity index (χ4v) is 3.27. The average Bonchev–Trinajstić information content (AvgIpc) is 3.16. The van der Waals surface area contributed by atoms with Crippen molar-refractivity contribution in [2.75, 3.05) is 27.7 Å². The van der Waals surface area contributed by atoms with E-state index < -0.39 is 0 Å². The summed E-state index contributed by atoms with van der Waals surface area (Å²) >= 11 is 0. The Bertz CT molecular complexity index is 1070. The van der Waals surface area contributed by atoms with E-state index in [1.165, 1.54) is 4.90 Å². The van der Waals surface area contributed by atoms with Gasteiger partial charge >= 0.3 is 0 Å². The van der Waals surface area contributed by atoms with Crippen LogP contribution < -0.4 is 5.56 Å². The molecule has 158 valence electrons.